The molecule has 2 rings (SSSR count). The van der Waals surface area contributed by atoms with Crippen LogP contribution in [-0.2, 0) is 10.9 Å². The van der Waals surface area contributed by atoms with E-state index in [9.17, 15) is 22.8 Å². The number of carbonyl (C=O) groups is 2. The predicted octanol–water partition coefficient (Wildman–Crippen LogP) is 3.99. The first-order valence-electron chi connectivity index (χ1n) is 7.98. The SMILES string of the molecule is CCN(N=Cc1ccc(C(=O)OC)cc1)C(=O)c1ccccc1C(F)(F)F. The van der Waals surface area contributed by atoms with Crippen LogP contribution in [0, 0.1) is 0 Å². The molecule has 2 aromatic carbocycles. The molecule has 0 aliphatic heterocycles. The molecule has 0 N–H and O–H groups in total. The lowest BCUT2D eigenvalue weighted by Gasteiger charge is -2.18. The van der Waals surface area contributed by atoms with Crippen LogP contribution in [0.5, 0.6) is 0 Å². The zero-order valence-electron chi connectivity index (χ0n) is 14.7. The fourth-order valence-corrected chi connectivity index (χ4v) is 2.29. The molecule has 0 aliphatic carbocycles. The van der Waals surface area contributed by atoms with Crippen LogP contribution in [0.2, 0.25) is 0 Å². The van der Waals surface area contributed by atoms with Crippen LogP contribution in [0.1, 0.15) is 38.8 Å². The van der Waals surface area contributed by atoms with Crippen molar-refractivity contribution in [1.29, 1.82) is 0 Å². The van der Waals surface area contributed by atoms with Crippen LogP contribution in [0.4, 0.5) is 13.2 Å². The summed E-state index contributed by atoms with van der Waals surface area (Å²) in [6.45, 7) is 1.69. The van der Waals surface area contributed by atoms with Gasteiger partial charge in [-0.25, -0.2) is 9.80 Å². The van der Waals surface area contributed by atoms with Crippen LogP contribution in [-0.4, -0.2) is 36.8 Å². The molecule has 5 nitrogen and oxygen atoms in total. The second kappa shape index (κ2) is 8.48. The highest BCUT2D eigenvalue weighted by Gasteiger charge is 2.35. The number of benzene rings is 2. The minimum atomic E-state index is -4.64. The van der Waals surface area contributed by atoms with Crippen LogP contribution in [0.3, 0.4) is 0 Å². The minimum absolute atomic E-state index is 0.0851. The Morgan fingerprint density at radius 2 is 1.74 bits per heavy atom. The van der Waals surface area contributed by atoms with Crippen molar-refractivity contribution in [2.45, 2.75) is 13.1 Å². The standard InChI is InChI=1S/C19H17F3N2O3/c1-3-24(17(25)15-6-4-5-7-16(15)19(20,21)22)23-12-13-8-10-14(11-9-13)18(26)27-2/h4-12H,3H2,1-2H3. The first-order chi connectivity index (χ1) is 12.8. The highest BCUT2D eigenvalue weighted by molar-refractivity contribution is 5.96. The predicted molar refractivity (Wildman–Crippen MR) is 93.5 cm³/mol. The van der Waals surface area contributed by atoms with Crippen LogP contribution in [0.25, 0.3) is 0 Å². The van der Waals surface area contributed by atoms with E-state index >= 15 is 0 Å². The number of hydrogen-bond donors (Lipinski definition) is 0. The van der Waals surface area contributed by atoms with Crippen LogP contribution in [0.15, 0.2) is 53.6 Å². The van der Waals surface area contributed by atoms with Gasteiger partial charge < -0.3 is 4.74 Å². The Bertz CT molecular complexity index is 846. The molecule has 8 heteroatoms. The summed E-state index contributed by atoms with van der Waals surface area (Å²) in [6, 6.07) is 10.8. The maximum atomic E-state index is 13.1. The lowest BCUT2D eigenvalue weighted by Crippen LogP contribution is -2.28. The van der Waals surface area contributed by atoms with Crippen molar-refractivity contribution in [3.05, 3.63) is 70.8 Å². The van der Waals surface area contributed by atoms with E-state index in [2.05, 4.69) is 9.84 Å². The summed E-state index contributed by atoms with van der Waals surface area (Å²) in [5, 5.41) is 4.93. The summed E-state index contributed by atoms with van der Waals surface area (Å²) in [6.07, 6.45) is -3.31. The summed E-state index contributed by atoms with van der Waals surface area (Å²) in [7, 11) is 1.27. The van der Waals surface area contributed by atoms with Crippen molar-refractivity contribution in [3.63, 3.8) is 0 Å². The molecule has 0 bridgehead atoms. The molecule has 0 heterocycles. The van der Waals surface area contributed by atoms with E-state index in [1.54, 1.807) is 19.1 Å². The second-order valence-electron chi connectivity index (χ2n) is 5.42. The molecule has 27 heavy (non-hydrogen) atoms. The third-order valence-electron chi connectivity index (χ3n) is 3.67. The topological polar surface area (TPSA) is 59.0 Å². The number of rotatable bonds is 5. The zero-order chi connectivity index (χ0) is 20.0. The summed E-state index contributed by atoms with van der Waals surface area (Å²) >= 11 is 0. The second-order valence-corrected chi connectivity index (χ2v) is 5.42. The van der Waals surface area contributed by atoms with Gasteiger partial charge in [0.25, 0.3) is 5.91 Å². The van der Waals surface area contributed by atoms with Crippen molar-refractivity contribution in [1.82, 2.24) is 5.01 Å². The van der Waals surface area contributed by atoms with Crippen molar-refractivity contribution >= 4 is 18.1 Å². The lowest BCUT2D eigenvalue weighted by atomic mass is 10.1. The summed E-state index contributed by atoms with van der Waals surface area (Å²) < 4.78 is 43.9. The molecule has 0 radical (unpaired) electrons. The van der Waals surface area contributed by atoms with Gasteiger partial charge in [-0.05, 0) is 36.8 Å². The van der Waals surface area contributed by atoms with Crippen molar-refractivity contribution in [2.75, 3.05) is 13.7 Å². The molecule has 0 saturated carbocycles. The Balaban J connectivity index is 2.24. The Morgan fingerprint density at radius 1 is 1.11 bits per heavy atom. The third-order valence-corrected chi connectivity index (χ3v) is 3.67. The van der Waals surface area contributed by atoms with Gasteiger partial charge >= 0.3 is 12.1 Å². The smallest absolute Gasteiger partial charge is 0.417 e. The van der Waals surface area contributed by atoms with Gasteiger partial charge in [-0.1, -0.05) is 24.3 Å². The fourth-order valence-electron chi connectivity index (χ4n) is 2.29. The number of methoxy groups -OCH3 is 1. The summed E-state index contributed by atoms with van der Waals surface area (Å²) in [4.78, 5) is 23.9. The number of ether oxygens (including phenoxy) is 1. The maximum absolute atomic E-state index is 13.1. The molecular formula is C19H17F3N2O3. The number of nitrogens with zero attached hydrogens (tertiary/aromatic N) is 2. The quantitative estimate of drug-likeness (QED) is 0.449. The highest BCUT2D eigenvalue weighted by atomic mass is 19.4. The van der Waals surface area contributed by atoms with E-state index in [0.717, 1.165) is 17.1 Å². The minimum Gasteiger partial charge on any atom is -0.465 e. The van der Waals surface area contributed by atoms with Crippen LogP contribution >= 0.6 is 0 Å². The normalized spacial score (nSPS) is 11.4. The first kappa shape index (κ1) is 20.2. The lowest BCUT2D eigenvalue weighted by molar-refractivity contribution is -0.138. The van der Waals surface area contributed by atoms with Gasteiger partial charge in [-0.15, -0.1) is 0 Å². The van der Waals surface area contributed by atoms with E-state index in [1.807, 2.05) is 0 Å². The van der Waals surface area contributed by atoms with Gasteiger partial charge in [0.05, 0.1) is 30.0 Å². The highest BCUT2D eigenvalue weighted by Crippen LogP contribution is 2.32. The molecule has 2 aromatic rings. The number of amides is 1. The molecule has 142 valence electrons. The van der Waals surface area contributed by atoms with Crippen molar-refractivity contribution in [2.24, 2.45) is 5.10 Å². The van der Waals surface area contributed by atoms with Crippen LogP contribution < -0.4 is 0 Å². The number of hydrazone groups is 1. The number of hydrogen-bond acceptors (Lipinski definition) is 4. The molecule has 0 aliphatic rings. The van der Waals surface area contributed by atoms with Gasteiger partial charge in [0.2, 0.25) is 0 Å². The van der Waals surface area contributed by atoms with Gasteiger partial charge in [0.15, 0.2) is 0 Å². The Morgan fingerprint density at radius 3 is 2.30 bits per heavy atom. The fraction of sp³-hybridized carbons (Fsp3) is 0.211. The first-order valence-corrected chi connectivity index (χ1v) is 7.98. The zero-order valence-corrected chi connectivity index (χ0v) is 14.7. The molecule has 0 atom stereocenters. The largest absolute Gasteiger partial charge is 0.465 e. The monoisotopic (exact) mass is 378 g/mol. The van der Waals surface area contributed by atoms with Crippen molar-refractivity contribution in [3.8, 4) is 0 Å². The number of alkyl halides is 3. The summed E-state index contributed by atoms with van der Waals surface area (Å²) in [5.41, 5.74) is -0.564. The van der Waals surface area contributed by atoms with Gasteiger partial charge in [0.1, 0.15) is 0 Å². The van der Waals surface area contributed by atoms with Gasteiger partial charge in [-0.3, -0.25) is 4.79 Å². The summed E-state index contributed by atoms with van der Waals surface area (Å²) in [5.74, 6) is -1.35. The third kappa shape index (κ3) is 4.93. The Labute approximate surface area is 154 Å². The molecule has 0 saturated heterocycles. The molecule has 1 amide bonds. The molecular weight excluding hydrogens is 361 g/mol. The number of carbonyl (C=O) groups excluding carboxylic acids is 2. The number of halogens is 3. The van der Waals surface area contributed by atoms with Crippen molar-refractivity contribution < 1.29 is 27.5 Å². The van der Waals surface area contributed by atoms with E-state index in [4.69, 9.17) is 0 Å². The van der Waals surface area contributed by atoms with E-state index in [1.165, 1.54) is 37.6 Å². The van der Waals surface area contributed by atoms with Gasteiger partial charge in [-0.2, -0.15) is 18.3 Å². The molecule has 0 spiro atoms. The average molecular weight is 378 g/mol. The van der Waals surface area contributed by atoms with E-state index in [0.29, 0.717) is 11.1 Å². The molecule has 0 aromatic heterocycles. The van der Waals surface area contributed by atoms with E-state index < -0.39 is 29.2 Å². The van der Waals surface area contributed by atoms with Gasteiger partial charge in [0, 0.05) is 6.54 Å². The molecule has 0 fully saturated rings. The number of esters is 1. The van der Waals surface area contributed by atoms with E-state index in [-0.39, 0.29) is 6.54 Å². The average Bonchev–Trinajstić information content (AvgIpc) is 2.67. The Hall–Kier alpha value is -3.16. The molecule has 0 unspecified atom stereocenters. The Kier molecular flexibility index (Phi) is 6.33. The maximum Gasteiger partial charge on any atom is 0.417 e.